The Hall–Kier alpha value is -2.90. The van der Waals surface area contributed by atoms with Crippen LogP contribution in [-0.4, -0.2) is 47.1 Å². The highest BCUT2D eigenvalue weighted by atomic mass is 16.6. The van der Waals surface area contributed by atoms with E-state index in [1.54, 1.807) is 23.1 Å². The van der Waals surface area contributed by atoms with Crippen molar-refractivity contribution in [1.29, 1.82) is 0 Å². The molecular weight excluding hydrogens is 362 g/mol. The minimum atomic E-state index is -0.527. The maximum atomic E-state index is 12.2. The first-order valence-corrected chi connectivity index (χ1v) is 9.32. The number of carbonyl (C=O) groups excluding carboxylic acids is 2. The molecule has 1 saturated heterocycles. The number of nitrogens with one attached hydrogen (secondary N) is 1. The number of nitro groups is 1. The van der Waals surface area contributed by atoms with Gasteiger partial charge in [-0.1, -0.05) is 0 Å². The Kier molecular flexibility index (Phi) is 7.14. The molecule has 152 valence electrons. The molecule has 0 saturated carbocycles. The van der Waals surface area contributed by atoms with E-state index in [4.69, 9.17) is 4.74 Å². The summed E-state index contributed by atoms with van der Waals surface area (Å²) in [7, 11) is 0. The van der Waals surface area contributed by atoms with Crippen LogP contribution >= 0.6 is 0 Å². The molecule has 0 aliphatic carbocycles. The summed E-state index contributed by atoms with van der Waals surface area (Å²) >= 11 is 0. The van der Waals surface area contributed by atoms with E-state index in [0.717, 1.165) is 12.8 Å². The second-order valence-electron chi connectivity index (χ2n) is 7.86. The third-order valence-electron chi connectivity index (χ3n) is 4.27. The Morgan fingerprint density at radius 1 is 1.32 bits per heavy atom. The van der Waals surface area contributed by atoms with E-state index < -0.39 is 10.5 Å². The van der Waals surface area contributed by atoms with Gasteiger partial charge in [0.25, 0.3) is 5.69 Å². The molecule has 1 aromatic carbocycles. The molecule has 1 N–H and O–H groups in total. The summed E-state index contributed by atoms with van der Waals surface area (Å²) in [6, 6.07) is 5.96. The molecule has 8 nitrogen and oxygen atoms in total. The summed E-state index contributed by atoms with van der Waals surface area (Å²) in [5.74, 6) is -0.0641. The summed E-state index contributed by atoms with van der Waals surface area (Å²) in [6.07, 6.45) is 4.49. The first kappa shape index (κ1) is 21.4. The number of hydrogen-bond donors (Lipinski definition) is 1. The molecule has 0 spiro atoms. The fraction of sp³-hybridized carbons (Fsp3) is 0.500. The average molecular weight is 389 g/mol. The molecule has 1 atom stereocenters. The molecule has 1 aliphatic rings. The predicted molar refractivity (Wildman–Crippen MR) is 106 cm³/mol. The molecule has 1 heterocycles. The van der Waals surface area contributed by atoms with Crippen LogP contribution in [0.15, 0.2) is 30.3 Å². The van der Waals surface area contributed by atoms with Crippen LogP contribution in [0.3, 0.4) is 0 Å². The minimum absolute atomic E-state index is 0.00782. The van der Waals surface area contributed by atoms with Crippen molar-refractivity contribution in [1.82, 2.24) is 10.2 Å². The highest BCUT2D eigenvalue weighted by molar-refractivity contribution is 5.91. The standard InChI is InChI=1S/C20H27N3O5/c1-20(2,3)28-19(25)22-12-4-5-16(14-22)13-21-18(24)11-8-15-6-9-17(10-7-15)23(26)27/h6-11,16H,4-5,12-14H2,1-3H3,(H,21,24)/b11-8+. The number of ether oxygens (including phenoxy) is 1. The second-order valence-corrected chi connectivity index (χ2v) is 7.86. The van der Waals surface area contributed by atoms with Crippen molar-refractivity contribution in [2.45, 2.75) is 39.2 Å². The van der Waals surface area contributed by atoms with Gasteiger partial charge in [-0.25, -0.2) is 4.79 Å². The number of carbonyl (C=O) groups is 2. The smallest absolute Gasteiger partial charge is 0.410 e. The topological polar surface area (TPSA) is 102 Å². The highest BCUT2D eigenvalue weighted by Gasteiger charge is 2.27. The van der Waals surface area contributed by atoms with Gasteiger partial charge in [0.1, 0.15) is 5.60 Å². The number of benzene rings is 1. The third-order valence-corrected chi connectivity index (χ3v) is 4.27. The Bertz CT molecular complexity index is 737. The lowest BCUT2D eigenvalue weighted by Crippen LogP contribution is -2.45. The van der Waals surface area contributed by atoms with Crippen molar-refractivity contribution in [3.63, 3.8) is 0 Å². The zero-order chi connectivity index (χ0) is 20.7. The summed E-state index contributed by atoms with van der Waals surface area (Å²) in [6.45, 7) is 7.21. The van der Waals surface area contributed by atoms with E-state index in [9.17, 15) is 19.7 Å². The van der Waals surface area contributed by atoms with Gasteiger partial charge in [0.15, 0.2) is 0 Å². The van der Waals surface area contributed by atoms with Crippen LogP contribution in [0.5, 0.6) is 0 Å². The Morgan fingerprint density at radius 2 is 2.00 bits per heavy atom. The number of nitro benzene ring substituents is 1. The van der Waals surface area contributed by atoms with Crippen LogP contribution < -0.4 is 5.32 Å². The van der Waals surface area contributed by atoms with E-state index >= 15 is 0 Å². The van der Waals surface area contributed by atoms with E-state index in [1.165, 1.54) is 18.2 Å². The number of piperidine rings is 1. The van der Waals surface area contributed by atoms with Gasteiger partial charge in [0, 0.05) is 37.8 Å². The lowest BCUT2D eigenvalue weighted by Gasteiger charge is -2.34. The Balaban J connectivity index is 1.80. The van der Waals surface area contributed by atoms with Gasteiger partial charge in [0.05, 0.1) is 4.92 Å². The molecule has 0 aromatic heterocycles. The SMILES string of the molecule is CC(C)(C)OC(=O)N1CCCC(CNC(=O)/C=C/c2ccc([N+](=O)[O-])cc2)C1. The lowest BCUT2D eigenvalue weighted by atomic mass is 9.98. The largest absolute Gasteiger partial charge is 0.444 e. The van der Waals surface area contributed by atoms with Crippen molar-refractivity contribution < 1.29 is 19.2 Å². The van der Waals surface area contributed by atoms with E-state index in [1.807, 2.05) is 20.8 Å². The summed E-state index contributed by atoms with van der Waals surface area (Å²) < 4.78 is 5.41. The van der Waals surface area contributed by atoms with Gasteiger partial charge < -0.3 is 15.0 Å². The first-order chi connectivity index (χ1) is 13.1. The van der Waals surface area contributed by atoms with Crippen LogP contribution in [-0.2, 0) is 9.53 Å². The molecular formula is C20H27N3O5. The number of nitrogens with zero attached hydrogens (tertiary/aromatic N) is 2. The Morgan fingerprint density at radius 3 is 2.61 bits per heavy atom. The highest BCUT2D eigenvalue weighted by Crippen LogP contribution is 2.19. The number of non-ortho nitro benzene ring substituents is 1. The summed E-state index contributed by atoms with van der Waals surface area (Å²) in [4.78, 5) is 36.1. The minimum Gasteiger partial charge on any atom is -0.444 e. The van der Waals surface area contributed by atoms with Crippen molar-refractivity contribution in [2.75, 3.05) is 19.6 Å². The Labute approximate surface area is 164 Å². The zero-order valence-electron chi connectivity index (χ0n) is 16.5. The number of hydrogen-bond acceptors (Lipinski definition) is 5. The van der Waals surface area contributed by atoms with Crippen LogP contribution in [0.4, 0.5) is 10.5 Å². The van der Waals surface area contributed by atoms with Gasteiger partial charge in [-0.05, 0) is 63.3 Å². The van der Waals surface area contributed by atoms with Crippen LogP contribution in [0.1, 0.15) is 39.2 Å². The van der Waals surface area contributed by atoms with Crippen LogP contribution in [0.2, 0.25) is 0 Å². The summed E-state index contributed by atoms with van der Waals surface area (Å²) in [5.41, 5.74) is 0.184. The van der Waals surface area contributed by atoms with Crippen molar-refractivity contribution >= 4 is 23.8 Å². The second kappa shape index (κ2) is 9.34. The maximum Gasteiger partial charge on any atom is 0.410 e. The summed E-state index contributed by atoms with van der Waals surface area (Å²) in [5, 5.41) is 13.5. The molecule has 1 aromatic rings. The van der Waals surface area contributed by atoms with Crippen LogP contribution in [0.25, 0.3) is 6.08 Å². The van der Waals surface area contributed by atoms with Crippen molar-refractivity contribution in [3.8, 4) is 0 Å². The van der Waals surface area contributed by atoms with Crippen molar-refractivity contribution in [2.24, 2.45) is 5.92 Å². The molecule has 1 fully saturated rings. The zero-order valence-corrected chi connectivity index (χ0v) is 16.5. The molecule has 2 amide bonds. The van der Waals surface area contributed by atoms with E-state index in [-0.39, 0.29) is 23.6 Å². The van der Waals surface area contributed by atoms with E-state index in [2.05, 4.69) is 5.32 Å². The quantitative estimate of drug-likeness (QED) is 0.473. The first-order valence-electron chi connectivity index (χ1n) is 9.32. The van der Waals surface area contributed by atoms with Gasteiger partial charge in [-0.15, -0.1) is 0 Å². The molecule has 1 aliphatic heterocycles. The van der Waals surface area contributed by atoms with Gasteiger partial charge in [-0.3, -0.25) is 14.9 Å². The molecule has 0 radical (unpaired) electrons. The van der Waals surface area contributed by atoms with Gasteiger partial charge in [0.2, 0.25) is 5.91 Å². The monoisotopic (exact) mass is 389 g/mol. The third kappa shape index (κ3) is 7.02. The van der Waals surface area contributed by atoms with Gasteiger partial charge in [-0.2, -0.15) is 0 Å². The number of likely N-dealkylation sites (tertiary alicyclic amines) is 1. The molecule has 28 heavy (non-hydrogen) atoms. The maximum absolute atomic E-state index is 12.2. The number of amides is 2. The molecule has 2 rings (SSSR count). The average Bonchev–Trinajstić information content (AvgIpc) is 2.64. The normalized spacial score (nSPS) is 17.4. The predicted octanol–water partition coefficient (Wildman–Crippen LogP) is 3.37. The molecule has 8 heteroatoms. The van der Waals surface area contributed by atoms with Crippen molar-refractivity contribution in [3.05, 3.63) is 46.0 Å². The molecule has 0 bridgehead atoms. The van der Waals surface area contributed by atoms with Crippen LogP contribution in [0, 0.1) is 16.0 Å². The lowest BCUT2D eigenvalue weighted by molar-refractivity contribution is -0.384. The fourth-order valence-corrected chi connectivity index (χ4v) is 2.91. The fourth-order valence-electron chi connectivity index (χ4n) is 2.91. The van der Waals surface area contributed by atoms with E-state index in [0.29, 0.717) is 25.2 Å². The molecule has 1 unspecified atom stereocenters. The van der Waals surface area contributed by atoms with Gasteiger partial charge >= 0.3 is 6.09 Å². The number of rotatable bonds is 5.